The van der Waals surface area contributed by atoms with Crippen molar-refractivity contribution in [2.45, 2.75) is 37.5 Å². The molecule has 0 unspecified atom stereocenters. The molecule has 1 N–H and O–H groups in total. The second-order valence-corrected chi connectivity index (χ2v) is 10.2. The zero-order valence-corrected chi connectivity index (χ0v) is 17.7. The molecule has 0 saturated carbocycles. The minimum Gasteiger partial charge on any atom is -0.280 e. The minimum atomic E-state index is -3.96. The van der Waals surface area contributed by atoms with E-state index in [-0.39, 0.29) is 15.5 Å². The summed E-state index contributed by atoms with van der Waals surface area (Å²) in [6, 6.07) is 14.7. The Morgan fingerprint density at radius 1 is 0.786 bits per heavy atom. The first-order chi connectivity index (χ1) is 13.0. The quantitative estimate of drug-likeness (QED) is 0.684. The Bertz CT molecular complexity index is 1220. The first-order valence-electron chi connectivity index (χ1n) is 8.63. The standard InChI is InChI=1S/C20H22N2O4S2/c1-14-10-15(2)12-18(11-14)21-27(23,24)20-13-16(3)22(17(20)4)28(25,26)19-8-6-5-7-9-19/h5-13,21H,1-4H3. The van der Waals surface area contributed by atoms with Gasteiger partial charge in [-0.15, -0.1) is 0 Å². The summed E-state index contributed by atoms with van der Waals surface area (Å²) in [5.74, 6) is 0. The summed E-state index contributed by atoms with van der Waals surface area (Å²) >= 11 is 0. The van der Waals surface area contributed by atoms with E-state index < -0.39 is 20.0 Å². The molecule has 0 aliphatic rings. The highest BCUT2D eigenvalue weighted by molar-refractivity contribution is 7.93. The van der Waals surface area contributed by atoms with Crippen LogP contribution in [0, 0.1) is 27.7 Å². The van der Waals surface area contributed by atoms with Gasteiger partial charge in [0.2, 0.25) is 0 Å². The normalized spacial score (nSPS) is 12.1. The van der Waals surface area contributed by atoms with Gasteiger partial charge in [0, 0.05) is 11.4 Å². The van der Waals surface area contributed by atoms with E-state index in [0.717, 1.165) is 15.1 Å². The van der Waals surface area contributed by atoms with Gasteiger partial charge in [0.15, 0.2) is 0 Å². The van der Waals surface area contributed by atoms with Gasteiger partial charge in [-0.2, -0.15) is 0 Å². The monoisotopic (exact) mass is 418 g/mol. The van der Waals surface area contributed by atoms with E-state index >= 15 is 0 Å². The van der Waals surface area contributed by atoms with E-state index in [9.17, 15) is 16.8 Å². The third-order valence-electron chi connectivity index (χ3n) is 4.37. The molecule has 8 heteroatoms. The number of hydrogen-bond acceptors (Lipinski definition) is 4. The molecule has 1 heterocycles. The highest BCUT2D eigenvalue weighted by atomic mass is 32.2. The summed E-state index contributed by atoms with van der Waals surface area (Å²) in [4.78, 5) is 0.0340. The lowest BCUT2D eigenvalue weighted by molar-refractivity contribution is 0.584. The third-order valence-corrected chi connectivity index (χ3v) is 7.77. The molecule has 0 bridgehead atoms. The van der Waals surface area contributed by atoms with Crippen LogP contribution in [0.4, 0.5) is 5.69 Å². The van der Waals surface area contributed by atoms with Gasteiger partial charge < -0.3 is 0 Å². The maximum Gasteiger partial charge on any atom is 0.268 e. The van der Waals surface area contributed by atoms with Crippen LogP contribution in [0.1, 0.15) is 22.5 Å². The summed E-state index contributed by atoms with van der Waals surface area (Å²) in [5, 5.41) is 0. The Kier molecular flexibility index (Phi) is 5.12. The number of aryl methyl sites for hydroxylation is 3. The number of hydrogen-bond donors (Lipinski definition) is 1. The predicted octanol–water partition coefficient (Wildman–Crippen LogP) is 3.76. The molecule has 3 rings (SSSR count). The maximum atomic E-state index is 13.0. The zero-order valence-electron chi connectivity index (χ0n) is 16.1. The Hall–Kier alpha value is -2.58. The fourth-order valence-electron chi connectivity index (χ4n) is 3.30. The molecule has 0 amide bonds. The van der Waals surface area contributed by atoms with Crippen LogP contribution in [-0.4, -0.2) is 20.8 Å². The van der Waals surface area contributed by atoms with E-state index in [1.807, 2.05) is 19.9 Å². The van der Waals surface area contributed by atoms with Crippen molar-refractivity contribution in [2.24, 2.45) is 0 Å². The molecule has 0 saturated heterocycles. The van der Waals surface area contributed by atoms with E-state index in [2.05, 4.69) is 4.72 Å². The molecular weight excluding hydrogens is 396 g/mol. The van der Waals surface area contributed by atoms with E-state index in [1.165, 1.54) is 25.1 Å². The number of rotatable bonds is 5. The highest BCUT2D eigenvalue weighted by Gasteiger charge is 2.28. The van der Waals surface area contributed by atoms with Crippen LogP contribution >= 0.6 is 0 Å². The van der Waals surface area contributed by atoms with Gasteiger partial charge in [0.25, 0.3) is 20.0 Å². The van der Waals surface area contributed by atoms with Crippen molar-refractivity contribution >= 4 is 25.7 Å². The second-order valence-electron chi connectivity index (χ2n) is 6.80. The molecular formula is C20H22N2O4S2. The van der Waals surface area contributed by atoms with Crippen LogP contribution in [0.15, 0.2) is 64.4 Å². The van der Waals surface area contributed by atoms with Gasteiger partial charge in [-0.1, -0.05) is 24.3 Å². The summed E-state index contributed by atoms with van der Waals surface area (Å²) in [6.07, 6.45) is 0. The molecule has 0 radical (unpaired) electrons. The predicted molar refractivity (Wildman–Crippen MR) is 110 cm³/mol. The molecule has 6 nitrogen and oxygen atoms in total. The summed E-state index contributed by atoms with van der Waals surface area (Å²) in [7, 11) is -7.86. The second kappa shape index (κ2) is 7.10. The van der Waals surface area contributed by atoms with Crippen molar-refractivity contribution < 1.29 is 16.8 Å². The van der Waals surface area contributed by atoms with Crippen LogP contribution in [0.2, 0.25) is 0 Å². The summed E-state index contributed by atoms with van der Waals surface area (Å²) in [5.41, 5.74) is 2.75. The Labute approximate surface area is 165 Å². The fourth-order valence-corrected chi connectivity index (χ4v) is 6.31. The average Bonchev–Trinajstić information content (AvgIpc) is 2.90. The van der Waals surface area contributed by atoms with Crippen molar-refractivity contribution in [1.29, 1.82) is 0 Å². The van der Waals surface area contributed by atoms with Crippen LogP contribution in [-0.2, 0) is 20.0 Å². The molecule has 0 spiro atoms. The Morgan fingerprint density at radius 2 is 1.36 bits per heavy atom. The van der Waals surface area contributed by atoms with Crippen molar-refractivity contribution in [3.63, 3.8) is 0 Å². The van der Waals surface area contributed by atoms with Crippen molar-refractivity contribution in [3.05, 3.63) is 77.1 Å². The number of anilines is 1. The lowest BCUT2D eigenvalue weighted by atomic mass is 10.1. The Morgan fingerprint density at radius 3 is 1.93 bits per heavy atom. The molecule has 148 valence electrons. The van der Waals surface area contributed by atoms with Gasteiger partial charge in [0.05, 0.1) is 10.6 Å². The van der Waals surface area contributed by atoms with E-state index in [0.29, 0.717) is 11.4 Å². The molecule has 0 aliphatic carbocycles. The molecule has 0 atom stereocenters. The van der Waals surface area contributed by atoms with Crippen molar-refractivity contribution in [2.75, 3.05) is 4.72 Å². The number of nitrogens with one attached hydrogen (secondary N) is 1. The van der Waals surface area contributed by atoms with Gasteiger partial charge in [0.1, 0.15) is 4.90 Å². The average molecular weight is 419 g/mol. The first kappa shape index (κ1) is 20.2. The third kappa shape index (κ3) is 3.70. The summed E-state index contributed by atoms with van der Waals surface area (Å²) in [6.45, 7) is 6.82. The van der Waals surface area contributed by atoms with Crippen molar-refractivity contribution in [1.82, 2.24) is 3.97 Å². The van der Waals surface area contributed by atoms with Crippen LogP contribution in [0.5, 0.6) is 0 Å². The van der Waals surface area contributed by atoms with Gasteiger partial charge >= 0.3 is 0 Å². The number of aromatic nitrogens is 1. The molecule has 0 fully saturated rings. The number of sulfonamides is 1. The number of nitrogens with zero attached hydrogens (tertiary/aromatic N) is 1. The molecule has 3 aromatic rings. The number of benzene rings is 2. The zero-order chi connectivity index (χ0) is 20.7. The molecule has 28 heavy (non-hydrogen) atoms. The van der Waals surface area contributed by atoms with Crippen LogP contribution in [0.3, 0.4) is 0 Å². The topological polar surface area (TPSA) is 85.2 Å². The van der Waals surface area contributed by atoms with E-state index in [1.54, 1.807) is 37.3 Å². The smallest absolute Gasteiger partial charge is 0.268 e. The molecule has 2 aromatic carbocycles. The Balaban J connectivity index is 2.08. The fraction of sp³-hybridized carbons (Fsp3) is 0.200. The maximum absolute atomic E-state index is 13.0. The highest BCUT2D eigenvalue weighted by Crippen LogP contribution is 2.27. The van der Waals surface area contributed by atoms with Gasteiger partial charge in [-0.25, -0.2) is 20.8 Å². The largest absolute Gasteiger partial charge is 0.280 e. The lowest BCUT2D eigenvalue weighted by Crippen LogP contribution is -2.18. The van der Waals surface area contributed by atoms with Crippen LogP contribution < -0.4 is 4.72 Å². The lowest BCUT2D eigenvalue weighted by Gasteiger charge is -2.12. The molecule has 1 aromatic heterocycles. The molecule has 0 aliphatic heterocycles. The SMILES string of the molecule is Cc1cc(C)cc(NS(=O)(=O)c2cc(C)n(S(=O)(=O)c3ccccc3)c2C)c1. The first-order valence-corrected chi connectivity index (χ1v) is 11.6. The van der Waals surface area contributed by atoms with Gasteiger partial charge in [-0.3, -0.25) is 4.72 Å². The van der Waals surface area contributed by atoms with Gasteiger partial charge in [-0.05, 0) is 69.2 Å². The van der Waals surface area contributed by atoms with Crippen molar-refractivity contribution in [3.8, 4) is 0 Å². The van der Waals surface area contributed by atoms with E-state index in [4.69, 9.17) is 0 Å². The summed E-state index contributed by atoms with van der Waals surface area (Å²) < 4.78 is 55.6. The van der Waals surface area contributed by atoms with Crippen LogP contribution in [0.25, 0.3) is 0 Å². The minimum absolute atomic E-state index is 0.0661.